The number of methoxy groups -OCH3 is 1. The zero-order chi connectivity index (χ0) is 19.4. The number of benzodiazepines with no additional fused rings is 1. The molecule has 6 nitrogen and oxygen atoms in total. The lowest BCUT2D eigenvalue weighted by molar-refractivity contribution is -0.143. The Morgan fingerprint density at radius 2 is 2.15 bits per heavy atom. The van der Waals surface area contributed by atoms with Crippen molar-refractivity contribution in [3.05, 3.63) is 58.3 Å². The van der Waals surface area contributed by atoms with E-state index < -0.39 is 12.0 Å². The first-order chi connectivity index (χ1) is 13.1. The van der Waals surface area contributed by atoms with Gasteiger partial charge in [0.2, 0.25) is 5.91 Å². The average molecular weight is 430 g/mol. The minimum Gasteiger partial charge on any atom is -0.467 e. The molecule has 1 atom stereocenters. The van der Waals surface area contributed by atoms with Crippen LogP contribution in [0.15, 0.2) is 52.1 Å². The number of pyridine rings is 1. The number of aliphatic imine (C=N–C) groups is 1. The van der Waals surface area contributed by atoms with Crippen LogP contribution in [-0.4, -0.2) is 42.3 Å². The van der Waals surface area contributed by atoms with Crippen molar-refractivity contribution in [3.8, 4) is 0 Å². The molecule has 0 aliphatic carbocycles. The van der Waals surface area contributed by atoms with Crippen molar-refractivity contribution in [2.75, 3.05) is 18.6 Å². The number of fused-ring (bicyclic) bond motifs is 1. The Kier molecular flexibility index (Phi) is 6.01. The normalized spacial score (nSPS) is 14.9. The zero-order valence-corrected chi connectivity index (χ0v) is 16.8. The topological polar surface area (TPSA) is 71.9 Å². The monoisotopic (exact) mass is 429 g/mol. The summed E-state index contributed by atoms with van der Waals surface area (Å²) in [5.41, 5.74) is 2.69. The number of halogens is 1. The molecule has 2 heterocycles. The number of hydrogen-bond donors (Lipinski definition) is 0. The van der Waals surface area contributed by atoms with Crippen LogP contribution < -0.4 is 4.90 Å². The number of carbonyl (C=O) groups excluding carboxylic acids is 2. The van der Waals surface area contributed by atoms with Crippen molar-refractivity contribution in [3.63, 3.8) is 0 Å². The molecule has 0 saturated heterocycles. The van der Waals surface area contributed by atoms with E-state index in [4.69, 9.17) is 4.74 Å². The maximum Gasteiger partial charge on any atom is 0.328 e. The van der Waals surface area contributed by atoms with Gasteiger partial charge in [-0.1, -0.05) is 35.3 Å². The molecule has 2 aromatic rings. The molecule has 3 rings (SSSR count). The summed E-state index contributed by atoms with van der Waals surface area (Å²) in [6, 6.07) is 10.4. The highest BCUT2D eigenvalue weighted by molar-refractivity contribution is 9.10. The van der Waals surface area contributed by atoms with Crippen molar-refractivity contribution in [1.82, 2.24) is 4.98 Å². The third kappa shape index (κ3) is 3.93. The summed E-state index contributed by atoms with van der Waals surface area (Å²) in [5, 5.41) is 0. The lowest BCUT2D eigenvalue weighted by Gasteiger charge is -2.30. The van der Waals surface area contributed by atoms with Gasteiger partial charge in [-0.2, -0.15) is 0 Å². The summed E-state index contributed by atoms with van der Waals surface area (Å²) in [6.07, 6.45) is 2.94. The van der Waals surface area contributed by atoms with Gasteiger partial charge < -0.3 is 4.74 Å². The maximum atomic E-state index is 13.0. The summed E-state index contributed by atoms with van der Waals surface area (Å²) in [4.78, 5) is 35.8. The molecule has 27 heavy (non-hydrogen) atoms. The molecule has 1 unspecified atom stereocenters. The maximum absolute atomic E-state index is 13.0. The van der Waals surface area contributed by atoms with Crippen molar-refractivity contribution in [2.24, 2.45) is 4.99 Å². The van der Waals surface area contributed by atoms with E-state index in [0.717, 1.165) is 16.5 Å². The van der Waals surface area contributed by atoms with Crippen LogP contribution in [0.1, 0.15) is 31.0 Å². The molecule has 1 aromatic heterocycles. The van der Waals surface area contributed by atoms with Gasteiger partial charge in [0.1, 0.15) is 12.6 Å². The molecule has 1 aliphatic heterocycles. The second-order valence-electron chi connectivity index (χ2n) is 6.13. The van der Waals surface area contributed by atoms with Crippen molar-refractivity contribution in [2.45, 2.75) is 25.8 Å². The lowest BCUT2D eigenvalue weighted by atomic mass is 10.0. The molecule has 7 heteroatoms. The third-order valence-corrected chi connectivity index (χ3v) is 4.86. The molecular formula is C20H20BrN3O3. The molecule has 1 amide bonds. The second-order valence-corrected chi connectivity index (χ2v) is 7.05. The van der Waals surface area contributed by atoms with Gasteiger partial charge in [-0.15, -0.1) is 0 Å². The van der Waals surface area contributed by atoms with Crippen LogP contribution >= 0.6 is 15.9 Å². The quantitative estimate of drug-likeness (QED) is 0.682. The number of hydrogen-bond acceptors (Lipinski definition) is 5. The molecule has 0 bridgehead atoms. The Labute approximate surface area is 166 Å². The minimum atomic E-state index is -0.689. The molecular weight excluding hydrogens is 410 g/mol. The van der Waals surface area contributed by atoms with Crippen LogP contribution in [0.5, 0.6) is 0 Å². The van der Waals surface area contributed by atoms with E-state index in [2.05, 4.69) is 25.9 Å². The highest BCUT2D eigenvalue weighted by Gasteiger charge is 2.35. The smallest absolute Gasteiger partial charge is 0.328 e. The van der Waals surface area contributed by atoms with Crippen LogP contribution in [-0.2, 0) is 14.3 Å². The van der Waals surface area contributed by atoms with Gasteiger partial charge in [0.15, 0.2) is 0 Å². The van der Waals surface area contributed by atoms with E-state index in [0.29, 0.717) is 23.5 Å². The van der Waals surface area contributed by atoms with Crippen molar-refractivity contribution >= 4 is 39.2 Å². The summed E-state index contributed by atoms with van der Waals surface area (Å²) in [7, 11) is 1.34. The van der Waals surface area contributed by atoms with Gasteiger partial charge in [-0.3, -0.25) is 19.7 Å². The number of ether oxygens (including phenoxy) is 1. The lowest BCUT2D eigenvalue weighted by Crippen LogP contribution is -2.47. The highest BCUT2D eigenvalue weighted by atomic mass is 79.9. The summed E-state index contributed by atoms with van der Waals surface area (Å²) >= 11 is 3.49. The highest BCUT2D eigenvalue weighted by Crippen LogP contribution is 2.32. The molecule has 0 saturated carbocycles. The van der Waals surface area contributed by atoms with E-state index in [1.165, 1.54) is 12.0 Å². The number of amides is 1. The van der Waals surface area contributed by atoms with Crippen LogP contribution in [0.3, 0.4) is 0 Å². The van der Waals surface area contributed by atoms with Crippen LogP contribution in [0.25, 0.3) is 0 Å². The first-order valence-corrected chi connectivity index (χ1v) is 9.51. The number of anilines is 1. The Morgan fingerprint density at radius 1 is 1.33 bits per heavy atom. The number of rotatable bonds is 5. The van der Waals surface area contributed by atoms with Gasteiger partial charge in [0.05, 0.1) is 24.2 Å². The first-order valence-electron chi connectivity index (χ1n) is 8.72. The van der Waals surface area contributed by atoms with Crippen LogP contribution in [0, 0.1) is 0 Å². The number of esters is 1. The van der Waals surface area contributed by atoms with E-state index in [1.807, 2.05) is 43.3 Å². The molecule has 0 fully saturated rings. The Hall–Kier alpha value is -2.54. The zero-order valence-electron chi connectivity index (χ0n) is 15.2. The molecule has 0 N–H and O–H groups in total. The summed E-state index contributed by atoms with van der Waals surface area (Å²) < 4.78 is 5.82. The van der Waals surface area contributed by atoms with Crippen LogP contribution in [0.2, 0.25) is 0 Å². The number of nitrogens with zero attached hydrogens (tertiary/aromatic N) is 3. The van der Waals surface area contributed by atoms with Crippen molar-refractivity contribution < 1.29 is 14.3 Å². The number of aromatic nitrogens is 1. The Morgan fingerprint density at radius 3 is 2.81 bits per heavy atom. The van der Waals surface area contributed by atoms with Crippen molar-refractivity contribution in [1.29, 1.82) is 0 Å². The van der Waals surface area contributed by atoms with Gasteiger partial charge in [0.25, 0.3) is 0 Å². The van der Waals surface area contributed by atoms with Gasteiger partial charge in [-0.05, 0) is 36.8 Å². The van der Waals surface area contributed by atoms with E-state index >= 15 is 0 Å². The van der Waals surface area contributed by atoms with Crippen LogP contribution in [0.4, 0.5) is 5.69 Å². The fourth-order valence-corrected chi connectivity index (χ4v) is 3.54. The van der Waals surface area contributed by atoms with Gasteiger partial charge in [0, 0.05) is 16.2 Å². The fraction of sp³-hybridized carbons (Fsp3) is 0.300. The predicted octanol–water partition coefficient (Wildman–Crippen LogP) is 3.37. The summed E-state index contributed by atoms with van der Waals surface area (Å²) in [6.45, 7) is 1.91. The minimum absolute atomic E-state index is 0.0601. The standard InChI is InChI=1S/C20H20BrN3O3/c1-3-6-17(20(26)27-2)24-16-9-8-13(21)11-14(16)19(23-12-18(24)25)15-7-4-5-10-22-15/h4-5,7-11,17H,3,6,12H2,1-2H3. The first kappa shape index (κ1) is 19.2. The second kappa shape index (κ2) is 8.43. The SMILES string of the molecule is CCCC(C(=O)OC)N1C(=O)CN=C(c2ccccn2)c2cc(Br)ccc21. The predicted molar refractivity (Wildman–Crippen MR) is 107 cm³/mol. The molecule has 0 radical (unpaired) electrons. The van der Waals surface area contributed by atoms with E-state index in [9.17, 15) is 9.59 Å². The summed E-state index contributed by atoms with van der Waals surface area (Å²) in [5.74, 6) is -0.672. The fourth-order valence-electron chi connectivity index (χ4n) is 3.18. The Bertz CT molecular complexity index is 883. The largest absolute Gasteiger partial charge is 0.467 e. The van der Waals surface area contributed by atoms with E-state index in [1.54, 1.807) is 6.20 Å². The average Bonchev–Trinajstić information content (AvgIpc) is 2.82. The van der Waals surface area contributed by atoms with Gasteiger partial charge in [-0.25, -0.2) is 4.79 Å². The molecule has 1 aromatic carbocycles. The molecule has 0 spiro atoms. The molecule has 1 aliphatic rings. The number of benzene rings is 1. The third-order valence-electron chi connectivity index (χ3n) is 4.37. The number of carbonyl (C=O) groups is 2. The van der Waals surface area contributed by atoms with E-state index in [-0.39, 0.29) is 12.5 Å². The van der Waals surface area contributed by atoms with Gasteiger partial charge >= 0.3 is 5.97 Å². The molecule has 140 valence electrons. The Balaban J connectivity index is 2.18.